The van der Waals surface area contributed by atoms with Crippen LogP contribution in [0.5, 0.6) is 0 Å². The number of anilines is 1. The lowest BCUT2D eigenvalue weighted by molar-refractivity contribution is 0.190. The summed E-state index contributed by atoms with van der Waals surface area (Å²) in [5, 5.41) is 3.93. The first-order valence-corrected chi connectivity index (χ1v) is 5.73. The largest absolute Gasteiger partial charge is 0.368 e. The fraction of sp³-hybridized carbons (Fsp3) is 0.308. The first kappa shape index (κ1) is 10.4. The highest BCUT2D eigenvalue weighted by atomic mass is 16.5. The Morgan fingerprint density at radius 1 is 1.35 bits per heavy atom. The maximum absolute atomic E-state index is 5.53. The molecule has 1 saturated heterocycles. The Bertz CT molecular complexity index is 529. The van der Waals surface area contributed by atoms with Crippen molar-refractivity contribution in [1.29, 1.82) is 0 Å². The van der Waals surface area contributed by atoms with Crippen LogP contribution in [0.3, 0.4) is 0 Å². The smallest absolute Gasteiger partial charge is 0.222 e. The number of rotatable bonds is 2. The Morgan fingerprint density at radius 3 is 2.82 bits per heavy atom. The number of nitrogens with two attached hydrogens (primary N) is 1. The minimum atomic E-state index is 0.355. The zero-order valence-corrected chi connectivity index (χ0v) is 9.76. The van der Waals surface area contributed by atoms with E-state index in [-0.39, 0.29) is 0 Å². The molecule has 1 fully saturated rings. The average Bonchev–Trinajstić information content (AvgIpc) is 2.72. The second-order valence-corrected chi connectivity index (χ2v) is 4.66. The zero-order valence-electron chi connectivity index (χ0n) is 9.76. The highest BCUT2D eigenvalue weighted by molar-refractivity contribution is 5.62. The predicted octanol–water partition coefficient (Wildman–Crippen LogP) is 1.95. The van der Waals surface area contributed by atoms with E-state index in [1.165, 1.54) is 5.56 Å². The van der Waals surface area contributed by atoms with E-state index < -0.39 is 0 Å². The molecule has 3 rings (SSSR count). The zero-order chi connectivity index (χ0) is 11.8. The molecule has 0 atom stereocenters. The molecule has 88 valence electrons. The summed E-state index contributed by atoms with van der Waals surface area (Å²) in [4.78, 5) is 2.31. The molecule has 0 unspecified atom stereocenters. The van der Waals surface area contributed by atoms with Crippen molar-refractivity contribution in [3.63, 3.8) is 0 Å². The number of hydrogen-bond acceptors (Lipinski definition) is 4. The third kappa shape index (κ3) is 1.91. The lowest BCUT2D eigenvalue weighted by Gasteiger charge is -2.36. The van der Waals surface area contributed by atoms with Gasteiger partial charge in [0.2, 0.25) is 5.88 Å². The number of hydrogen-bond donors (Lipinski definition) is 1. The van der Waals surface area contributed by atoms with Gasteiger partial charge in [-0.2, -0.15) is 0 Å². The van der Waals surface area contributed by atoms with E-state index in [0.29, 0.717) is 11.8 Å². The Balaban J connectivity index is 1.89. The van der Waals surface area contributed by atoms with Crippen LogP contribution < -0.4 is 5.73 Å². The summed E-state index contributed by atoms with van der Waals surface area (Å²) in [6.07, 6.45) is 0. The molecule has 0 spiro atoms. The SMILES string of the molecule is CN1CC(c2cccc(-c3cc(N)on3)c2)C1. The molecule has 1 aliphatic heterocycles. The van der Waals surface area contributed by atoms with Gasteiger partial charge in [0.05, 0.1) is 0 Å². The molecular formula is C13H15N3O. The third-order valence-electron chi connectivity index (χ3n) is 3.25. The molecule has 0 aliphatic carbocycles. The maximum Gasteiger partial charge on any atom is 0.222 e. The number of likely N-dealkylation sites (tertiary alicyclic amines) is 1. The summed E-state index contributed by atoms with van der Waals surface area (Å²) in [7, 11) is 2.14. The van der Waals surface area contributed by atoms with Crippen LogP contribution in [0, 0.1) is 0 Å². The molecule has 0 amide bonds. The number of nitrogen functional groups attached to an aromatic ring is 1. The average molecular weight is 229 g/mol. The van der Waals surface area contributed by atoms with Crippen molar-refractivity contribution in [2.75, 3.05) is 25.9 Å². The quantitative estimate of drug-likeness (QED) is 0.855. The molecule has 2 aromatic rings. The van der Waals surface area contributed by atoms with E-state index in [4.69, 9.17) is 10.3 Å². The lowest BCUT2D eigenvalue weighted by atomic mass is 9.90. The van der Waals surface area contributed by atoms with Gasteiger partial charge in [-0.05, 0) is 18.7 Å². The van der Waals surface area contributed by atoms with E-state index in [1.54, 1.807) is 6.07 Å². The standard InChI is InChI=1S/C13H15N3O/c1-16-7-11(8-16)9-3-2-4-10(5-9)12-6-13(14)17-15-12/h2-6,11H,7-8,14H2,1H3. The highest BCUT2D eigenvalue weighted by Gasteiger charge is 2.24. The molecule has 17 heavy (non-hydrogen) atoms. The van der Waals surface area contributed by atoms with Crippen LogP contribution in [0.15, 0.2) is 34.9 Å². The molecule has 4 nitrogen and oxygen atoms in total. The van der Waals surface area contributed by atoms with Crippen LogP contribution in [0.4, 0.5) is 5.88 Å². The van der Waals surface area contributed by atoms with Crippen molar-refractivity contribution >= 4 is 5.88 Å². The minimum Gasteiger partial charge on any atom is -0.368 e. The summed E-state index contributed by atoms with van der Waals surface area (Å²) < 4.78 is 4.90. The molecule has 0 saturated carbocycles. The van der Waals surface area contributed by atoms with Crippen molar-refractivity contribution in [3.8, 4) is 11.3 Å². The Kier molecular flexibility index (Phi) is 2.37. The first-order valence-electron chi connectivity index (χ1n) is 5.73. The Labute approximate surface area is 100 Å². The maximum atomic E-state index is 5.53. The van der Waals surface area contributed by atoms with Crippen molar-refractivity contribution < 1.29 is 4.52 Å². The van der Waals surface area contributed by atoms with Crippen molar-refractivity contribution in [3.05, 3.63) is 35.9 Å². The topological polar surface area (TPSA) is 55.3 Å². The van der Waals surface area contributed by atoms with Gasteiger partial charge in [-0.15, -0.1) is 0 Å². The summed E-state index contributed by atoms with van der Waals surface area (Å²) in [5.74, 6) is 0.998. The van der Waals surface area contributed by atoms with Gasteiger partial charge in [-0.1, -0.05) is 23.4 Å². The highest BCUT2D eigenvalue weighted by Crippen LogP contribution is 2.29. The number of nitrogens with zero attached hydrogens (tertiary/aromatic N) is 2. The van der Waals surface area contributed by atoms with Crippen LogP contribution in [0.1, 0.15) is 11.5 Å². The molecular weight excluding hydrogens is 214 g/mol. The normalized spacial score (nSPS) is 17.0. The van der Waals surface area contributed by atoms with Crippen molar-refractivity contribution in [1.82, 2.24) is 10.1 Å². The van der Waals surface area contributed by atoms with Gasteiger partial charge < -0.3 is 15.2 Å². The van der Waals surface area contributed by atoms with Gasteiger partial charge in [0, 0.05) is 30.6 Å². The third-order valence-corrected chi connectivity index (χ3v) is 3.25. The Hall–Kier alpha value is -1.81. The summed E-state index contributed by atoms with van der Waals surface area (Å²) in [6, 6.07) is 10.2. The molecule has 1 aromatic carbocycles. The molecule has 1 aromatic heterocycles. The summed E-state index contributed by atoms with van der Waals surface area (Å²) in [6.45, 7) is 2.26. The van der Waals surface area contributed by atoms with Crippen LogP contribution in [-0.2, 0) is 0 Å². The summed E-state index contributed by atoms with van der Waals surface area (Å²) >= 11 is 0. The van der Waals surface area contributed by atoms with Crippen LogP contribution in [0.2, 0.25) is 0 Å². The second kappa shape index (κ2) is 3.89. The van der Waals surface area contributed by atoms with Gasteiger partial charge in [-0.25, -0.2) is 0 Å². The van der Waals surface area contributed by atoms with Gasteiger partial charge in [0.25, 0.3) is 0 Å². The number of aromatic nitrogens is 1. The Morgan fingerprint density at radius 2 is 2.18 bits per heavy atom. The molecule has 2 N–H and O–H groups in total. The van der Waals surface area contributed by atoms with E-state index >= 15 is 0 Å². The van der Waals surface area contributed by atoms with Gasteiger partial charge in [-0.3, -0.25) is 0 Å². The fourth-order valence-corrected chi connectivity index (χ4v) is 2.29. The monoisotopic (exact) mass is 229 g/mol. The van der Waals surface area contributed by atoms with E-state index in [0.717, 1.165) is 24.3 Å². The number of benzene rings is 1. The molecule has 4 heteroatoms. The van der Waals surface area contributed by atoms with E-state index in [1.807, 2.05) is 6.07 Å². The predicted molar refractivity (Wildman–Crippen MR) is 66.6 cm³/mol. The molecule has 0 radical (unpaired) electrons. The van der Waals surface area contributed by atoms with Crippen LogP contribution in [0.25, 0.3) is 11.3 Å². The van der Waals surface area contributed by atoms with E-state index in [2.05, 4.69) is 35.3 Å². The van der Waals surface area contributed by atoms with Gasteiger partial charge >= 0.3 is 0 Å². The lowest BCUT2D eigenvalue weighted by Crippen LogP contribution is -2.41. The van der Waals surface area contributed by atoms with Crippen molar-refractivity contribution in [2.24, 2.45) is 0 Å². The molecule has 0 bridgehead atoms. The van der Waals surface area contributed by atoms with Gasteiger partial charge in [0.1, 0.15) is 5.69 Å². The van der Waals surface area contributed by atoms with E-state index in [9.17, 15) is 0 Å². The second-order valence-electron chi connectivity index (χ2n) is 4.66. The molecule has 1 aliphatic rings. The van der Waals surface area contributed by atoms with Crippen LogP contribution in [-0.4, -0.2) is 30.2 Å². The van der Waals surface area contributed by atoms with Crippen LogP contribution >= 0.6 is 0 Å². The summed E-state index contributed by atoms with van der Waals surface area (Å²) in [5.41, 5.74) is 8.77. The van der Waals surface area contributed by atoms with Crippen molar-refractivity contribution in [2.45, 2.75) is 5.92 Å². The van der Waals surface area contributed by atoms with Gasteiger partial charge in [0.15, 0.2) is 0 Å². The minimum absolute atomic E-state index is 0.355. The fourth-order valence-electron chi connectivity index (χ4n) is 2.29. The number of likely N-dealkylation sites (N-methyl/N-ethyl adjacent to an activating group) is 1. The first-order chi connectivity index (χ1) is 8.22. The molecule has 2 heterocycles.